The van der Waals surface area contributed by atoms with Crippen molar-refractivity contribution in [2.45, 2.75) is 39.3 Å². The molecule has 26 heavy (non-hydrogen) atoms. The van der Waals surface area contributed by atoms with Crippen LogP contribution in [0.1, 0.15) is 26.0 Å². The van der Waals surface area contributed by atoms with E-state index in [4.69, 9.17) is 20.2 Å². The highest BCUT2D eigenvalue weighted by atomic mass is 16.5. The Bertz CT molecular complexity index is 911. The summed E-state index contributed by atoms with van der Waals surface area (Å²) in [6.45, 7) is 8.28. The van der Waals surface area contributed by atoms with E-state index >= 15 is 0 Å². The Morgan fingerprint density at radius 3 is 2.96 bits per heavy atom. The van der Waals surface area contributed by atoms with Crippen LogP contribution in [0, 0.1) is 6.92 Å². The fraction of sp³-hybridized carbons (Fsp3) is 0.529. The maximum absolute atomic E-state index is 6.19. The third-order valence-electron chi connectivity index (χ3n) is 4.55. The summed E-state index contributed by atoms with van der Waals surface area (Å²) in [5.41, 5.74) is 8.99. The van der Waals surface area contributed by atoms with Crippen molar-refractivity contribution in [3.8, 4) is 0 Å². The summed E-state index contributed by atoms with van der Waals surface area (Å²) in [6, 6.07) is 0. The van der Waals surface area contributed by atoms with Crippen LogP contribution in [0.4, 0.5) is 5.95 Å². The summed E-state index contributed by atoms with van der Waals surface area (Å²) in [5, 5.41) is 8.67. The van der Waals surface area contributed by atoms with Crippen molar-refractivity contribution in [1.82, 2.24) is 19.7 Å². The molecule has 2 aliphatic rings. The maximum atomic E-state index is 6.19. The van der Waals surface area contributed by atoms with Crippen molar-refractivity contribution in [3.63, 3.8) is 0 Å². The van der Waals surface area contributed by atoms with E-state index in [9.17, 15) is 0 Å². The SMILES string of the molecule is CC(=NC1(C)COC1)/C1=C(\N)OCCCn2nc(C)c3cnc(nc32)N1. The van der Waals surface area contributed by atoms with Gasteiger partial charge in [-0.3, -0.25) is 4.99 Å². The summed E-state index contributed by atoms with van der Waals surface area (Å²) in [5.74, 6) is 0.723. The lowest BCUT2D eigenvalue weighted by molar-refractivity contribution is -0.0418. The van der Waals surface area contributed by atoms with Crippen LogP contribution in [0.2, 0.25) is 0 Å². The van der Waals surface area contributed by atoms with Crippen LogP contribution in [-0.4, -0.2) is 50.8 Å². The van der Waals surface area contributed by atoms with Crippen LogP contribution in [0.15, 0.2) is 22.8 Å². The van der Waals surface area contributed by atoms with E-state index in [1.54, 1.807) is 6.20 Å². The molecule has 0 unspecified atom stereocenters. The Morgan fingerprint density at radius 1 is 1.42 bits per heavy atom. The monoisotopic (exact) mass is 357 g/mol. The Hall–Kier alpha value is -2.68. The number of ether oxygens (including phenoxy) is 2. The number of nitrogens with zero attached hydrogens (tertiary/aromatic N) is 5. The lowest BCUT2D eigenvalue weighted by Crippen LogP contribution is -2.45. The number of hydrogen-bond donors (Lipinski definition) is 2. The van der Waals surface area contributed by atoms with Gasteiger partial charge in [0.25, 0.3) is 0 Å². The minimum absolute atomic E-state index is 0.230. The van der Waals surface area contributed by atoms with Gasteiger partial charge in [0, 0.05) is 19.2 Å². The second-order valence-electron chi connectivity index (χ2n) is 6.99. The summed E-state index contributed by atoms with van der Waals surface area (Å²) >= 11 is 0. The van der Waals surface area contributed by atoms with Gasteiger partial charge in [-0.2, -0.15) is 10.1 Å². The van der Waals surface area contributed by atoms with Crippen molar-refractivity contribution < 1.29 is 9.47 Å². The van der Waals surface area contributed by atoms with Gasteiger partial charge in [0.2, 0.25) is 11.8 Å². The van der Waals surface area contributed by atoms with Crippen molar-refractivity contribution in [3.05, 3.63) is 23.5 Å². The molecular formula is C17H23N7O2. The van der Waals surface area contributed by atoms with Crippen molar-refractivity contribution in [2.75, 3.05) is 25.1 Å². The normalized spacial score (nSPS) is 23.1. The molecule has 3 N–H and O–H groups in total. The van der Waals surface area contributed by atoms with Crippen LogP contribution in [0.25, 0.3) is 11.0 Å². The van der Waals surface area contributed by atoms with E-state index < -0.39 is 0 Å². The molecule has 4 heterocycles. The Balaban J connectivity index is 1.75. The Morgan fingerprint density at radius 2 is 2.23 bits per heavy atom. The van der Waals surface area contributed by atoms with Crippen molar-refractivity contribution >= 4 is 22.7 Å². The van der Waals surface area contributed by atoms with Gasteiger partial charge in [0.15, 0.2) is 5.65 Å². The highest BCUT2D eigenvalue weighted by Crippen LogP contribution is 2.23. The van der Waals surface area contributed by atoms with Crippen LogP contribution >= 0.6 is 0 Å². The predicted octanol–water partition coefficient (Wildman–Crippen LogP) is 1.34. The minimum Gasteiger partial charge on any atom is -0.478 e. The first-order valence-corrected chi connectivity index (χ1v) is 8.69. The number of aromatic nitrogens is 4. The highest BCUT2D eigenvalue weighted by molar-refractivity contribution is 6.01. The predicted molar refractivity (Wildman–Crippen MR) is 97.8 cm³/mol. The van der Waals surface area contributed by atoms with E-state index in [1.165, 1.54) is 0 Å². The van der Waals surface area contributed by atoms with E-state index in [-0.39, 0.29) is 11.4 Å². The summed E-state index contributed by atoms with van der Waals surface area (Å²) in [7, 11) is 0. The molecule has 2 aliphatic heterocycles. The summed E-state index contributed by atoms with van der Waals surface area (Å²) in [4.78, 5) is 13.8. The smallest absolute Gasteiger partial charge is 0.229 e. The molecule has 2 aromatic rings. The molecule has 9 nitrogen and oxygen atoms in total. The van der Waals surface area contributed by atoms with Gasteiger partial charge < -0.3 is 20.5 Å². The van der Waals surface area contributed by atoms with Crippen molar-refractivity contribution in [1.29, 1.82) is 0 Å². The average molecular weight is 357 g/mol. The van der Waals surface area contributed by atoms with Gasteiger partial charge in [0.05, 0.1) is 36.6 Å². The summed E-state index contributed by atoms with van der Waals surface area (Å²) < 4.78 is 12.9. The average Bonchev–Trinajstić information content (AvgIpc) is 2.89. The van der Waals surface area contributed by atoms with E-state index in [0.717, 1.165) is 28.9 Å². The molecule has 0 aliphatic carbocycles. The van der Waals surface area contributed by atoms with E-state index in [2.05, 4.69) is 20.4 Å². The zero-order chi connectivity index (χ0) is 18.3. The van der Waals surface area contributed by atoms with Gasteiger partial charge >= 0.3 is 0 Å². The zero-order valence-corrected chi connectivity index (χ0v) is 15.2. The van der Waals surface area contributed by atoms with Crippen LogP contribution in [-0.2, 0) is 16.0 Å². The lowest BCUT2D eigenvalue weighted by Gasteiger charge is -2.35. The second-order valence-corrected chi connectivity index (χ2v) is 6.99. The zero-order valence-electron chi connectivity index (χ0n) is 15.2. The maximum Gasteiger partial charge on any atom is 0.229 e. The van der Waals surface area contributed by atoms with E-state index in [1.807, 2.05) is 25.5 Å². The molecule has 0 saturated carbocycles. The fourth-order valence-electron chi connectivity index (χ4n) is 3.16. The third-order valence-corrected chi connectivity index (χ3v) is 4.55. The molecule has 1 saturated heterocycles. The summed E-state index contributed by atoms with van der Waals surface area (Å²) in [6.07, 6.45) is 2.55. The van der Waals surface area contributed by atoms with Gasteiger partial charge in [-0.05, 0) is 20.8 Å². The molecule has 2 aromatic heterocycles. The molecular weight excluding hydrogens is 334 g/mol. The molecule has 138 valence electrons. The highest BCUT2D eigenvalue weighted by Gasteiger charge is 2.33. The van der Waals surface area contributed by atoms with Gasteiger partial charge in [-0.25, -0.2) is 9.67 Å². The largest absolute Gasteiger partial charge is 0.478 e. The molecule has 0 aromatic carbocycles. The Labute approximate surface area is 151 Å². The first-order valence-electron chi connectivity index (χ1n) is 8.69. The molecule has 1 fully saturated rings. The van der Waals surface area contributed by atoms with E-state index in [0.29, 0.717) is 38.0 Å². The van der Waals surface area contributed by atoms with Crippen LogP contribution in [0.5, 0.6) is 0 Å². The number of fused-ring (bicyclic) bond motifs is 1. The molecule has 0 radical (unpaired) electrons. The number of anilines is 1. The quantitative estimate of drug-likeness (QED) is 0.780. The van der Waals surface area contributed by atoms with Crippen LogP contribution in [0.3, 0.4) is 0 Å². The van der Waals surface area contributed by atoms with Gasteiger partial charge in [0.1, 0.15) is 11.2 Å². The lowest BCUT2D eigenvalue weighted by atomic mass is 10.0. The number of aryl methyl sites for hydroxylation is 2. The van der Waals surface area contributed by atoms with Gasteiger partial charge in [-0.1, -0.05) is 0 Å². The van der Waals surface area contributed by atoms with Crippen molar-refractivity contribution in [2.24, 2.45) is 10.7 Å². The number of aliphatic imine (C=N–C) groups is 1. The third kappa shape index (κ3) is 2.98. The molecule has 9 heteroatoms. The minimum atomic E-state index is -0.230. The molecule has 2 bridgehead atoms. The number of nitrogens with two attached hydrogens (primary N) is 1. The number of nitrogens with one attached hydrogen (secondary N) is 1. The fourth-order valence-corrected chi connectivity index (χ4v) is 3.16. The molecule has 0 spiro atoms. The molecule has 4 rings (SSSR count). The van der Waals surface area contributed by atoms with Gasteiger partial charge in [-0.15, -0.1) is 0 Å². The molecule has 0 atom stereocenters. The number of rotatable bonds is 2. The topological polar surface area (TPSA) is 112 Å². The number of hydrogen-bond acceptors (Lipinski definition) is 8. The molecule has 0 amide bonds. The van der Waals surface area contributed by atoms with Crippen LogP contribution < -0.4 is 11.1 Å². The Kier molecular flexibility index (Phi) is 4.03. The standard InChI is InChI=1S/C17H23N7O2/c1-10-12-7-19-16-20-13(11(2)22-17(3)8-25-9-17)14(18)26-6-4-5-24(23-10)15(12)21-16/h7H,4-6,8-9,18H2,1-3H3,(H,19,20,21)/b14-13-,22-11?. The first kappa shape index (κ1) is 16.8. The first-order chi connectivity index (χ1) is 12.5. The second kappa shape index (κ2) is 6.24. The number of allylic oxidation sites excluding steroid dienone is 1.